The van der Waals surface area contributed by atoms with E-state index >= 15 is 0 Å². The van der Waals surface area contributed by atoms with Gasteiger partial charge in [-0.15, -0.1) is 0 Å². The first-order chi connectivity index (χ1) is 29.9. The van der Waals surface area contributed by atoms with Crippen LogP contribution >= 0.6 is 0 Å². The molecule has 1 heterocycles. The van der Waals surface area contributed by atoms with Crippen LogP contribution in [0.4, 0.5) is 17.1 Å². The highest BCUT2D eigenvalue weighted by atomic mass is 15.1. The van der Waals surface area contributed by atoms with Crippen molar-refractivity contribution in [3.05, 3.63) is 193 Å². The van der Waals surface area contributed by atoms with Crippen LogP contribution < -0.4 is 4.90 Å². The van der Waals surface area contributed by atoms with E-state index in [1.807, 2.05) is 0 Å². The molecule has 5 aliphatic carbocycles. The highest BCUT2D eigenvalue weighted by Gasteiger charge is 2.77. The first-order valence-electron chi connectivity index (χ1n) is 22.7. The number of hydrogen-bond acceptors (Lipinski definition) is 1. The van der Waals surface area contributed by atoms with E-state index in [4.69, 9.17) is 0 Å². The van der Waals surface area contributed by atoms with Gasteiger partial charge in [-0.1, -0.05) is 129 Å². The highest BCUT2D eigenvalue weighted by Crippen LogP contribution is 2.84. The van der Waals surface area contributed by atoms with Crippen molar-refractivity contribution in [2.75, 3.05) is 4.90 Å². The highest BCUT2D eigenvalue weighted by molar-refractivity contribution is 6.13. The molecular weight excluding hydrogens is 737 g/mol. The maximum Gasteiger partial charge on any atom is 0.0547 e. The lowest BCUT2D eigenvalue weighted by Gasteiger charge is -2.66. The first-order valence-corrected chi connectivity index (χ1v) is 22.7. The van der Waals surface area contributed by atoms with Gasteiger partial charge in [0.25, 0.3) is 0 Å². The van der Waals surface area contributed by atoms with E-state index in [0.29, 0.717) is 5.41 Å². The molecule has 0 saturated heterocycles. The van der Waals surface area contributed by atoms with Crippen LogP contribution in [-0.4, -0.2) is 4.57 Å². The summed E-state index contributed by atoms with van der Waals surface area (Å²) in [4.78, 5) is 2.61. The monoisotopic (exact) mass is 784 g/mol. The number of benzene rings is 8. The molecule has 1 spiro atoms. The van der Waals surface area contributed by atoms with Crippen molar-refractivity contribution in [2.24, 2.45) is 23.2 Å². The topological polar surface area (TPSA) is 8.17 Å². The third kappa shape index (κ3) is 4.48. The lowest BCUT2D eigenvalue weighted by atomic mass is 9.38. The van der Waals surface area contributed by atoms with Crippen molar-refractivity contribution in [3.63, 3.8) is 0 Å². The lowest BCUT2D eigenvalue weighted by molar-refractivity contribution is -0.175. The van der Waals surface area contributed by atoms with Gasteiger partial charge in [0.05, 0.1) is 11.0 Å². The molecular formula is C59H48N2. The van der Waals surface area contributed by atoms with Crippen molar-refractivity contribution in [1.29, 1.82) is 0 Å². The maximum atomic E-state index is 2.61. The first kappa shape index (κ1) is 34.3. The number of rotatable bonds is 6. The quantitative estimate of drug-likeness (QED) is 0.163. The van der Waals surface area contributed by atoms with Crippen LogP contribution in [0.2, 0.25) is 0 Å². The van der Waals surface area contributed by atoms with Gasteiger partial charge in [0.2, 0.25) is 0 Å². The Bertz CT molecular complexity index is 3290. The molecule has 1 aromatic heterocycles. The molecule has 9 aromatic rings. The summed E-state index contributed by atoms with van der Waals surface area (Å²) in [6.45, 7) is 4.81. The Kier molecular flexibility index (Phi) is 6.71. The summed E-state index contributed by atoms with van der Waals surface area (Å²) >= 11 is 0. The maximum absolute atomic E-state index is 2.61. The van der Waals surface area contributed by atoms with Crippen molar-refractivity contribution in [3.8, 4) is 27.9 Å². The van der Waals surface area contributed by atoms with Crippen LogP contribution in [0.5, 0.6) is 0 Å². The van der Waals surface area contributed by atoms with Gasteiger partial charge >= 0.3 is 0 Å². The summed E-state index contributed by atoms with van der Waals surface area (Å²) in [5, 5.41) is 5.11. The second-order valence-electron chi connectivity index (χ2n) is 20.0. The van der Waals surface area contributed by atoms with E-state index < -0.39 is 0 Å². The fraction of sp³-hybridized carbons (Fsp3) is 0.220. The minimum atomic E-state index is -0.0758. The molecule has 2 atom stereocenters. The van der Waals surface area contributed by atoms with Crippen LogP contribution in [-0.2, 0) is 10.8 Å². The van der Waals surface area contributed by atoms with Gasteiger partial charge in [-0.3, -0.25) is 0 Å². The predicted molar refractivity (Wildman–Crippen MR) is 254 cm³/mol. The van der Waals surface area contributed by atoms with Crippen molar-refractivity contribution in [1.82, 2.24) is 4.57 Å². The SMILES string of the molecule is CC1(C)c2ccccc2-c2ccc(N(c3ccc(-c4cccc(-n5c6ccccc6c6cc7ccccc7cc65)c4)cc3)c3ccccc3C34C[C@@H]5CC6C[C@@H](C3)C65C4)cc21. The minimum absolute atomic E-state index is 0.0758. The molecule has 2 nitrogen and oxygen atoms in total. The molecule has 8 aromatic carbocycles. The fourth-order valence-electron chi connectivity index (χ4n) is 14.3. The van der Waals surface area contributed by atoms with Gasteiger partial charge in [-0.25, -0.2) is 0 Å². The van der Waals surface area contributed by atoms with E-state index in [2.05, 4.69) is 199 Å². The molecule has 2 heteroatoms. The number of anilines is 3. The Morgan fingerprint density at radius 1 is 0.492 bits per heavy atom. The summed E-state index contributed by atoms with van der Waals surface area (Å²) in [6, 6.07) is 66.7. The Hall–Kier alpha value is -6.38. The van der Waals surface area contributed by atoms with Crippen molar-refractivity contribution >= 4 is 49.6 Å². The van der Waals surface area contributed by atoms with E-state index in [1.54, 1.807) is 5.56 Å². The predicted octanol–water partition coefficient (Wildman–Crippen LogP) is 15.5. The average Bonchev–Trinajstić information content (AvgIpc) is 3.97. The average molecular weight is 785 g/mol. The van der Waals surface area contributed by atoms with Gasteiger partial charge < -0.3 is 9.47 Å². The number of fused-ring (bicyclic) bond motifs is 8. The molecule has 294 valence electrons. The third-order valence-corrected chi connectivity index (χ3v) is 17.0. The zero-order chi connectivity index (χ0) is 40.2. The van der Waals surface area contributed by atoms with Crippen LogP contribution in [0, 0.1) is 23.2 Å². The summed E-state index contributed by atoms with van der Waals surface area (Å²) < 4.78 is 2.45. The van der Waals surface area contributed by atoms with E-state index in [-0.39, 0.29) is 10.8 Å². The summed E-state index contributed by atoms with van der Waals surface area (Å²) in [7, 11) is 0. The molecule has 61 heavy (non-hydrogen) atoms. The largest absolute Gasteiger partial charge is 0.310 e. The second-order valence-corrected chi connectivity index (χ2v) is 20.0. The fourth-order valence-corrected chi connectivity index (χ4v) is 14.3. The molecule has 0 N–H and O–H groups in total. The van der Waals surface area contributed by atoms with Gasteiger partial charge in [0, 0.05) is 38.9 Å². The van der Waals surface area contributed by atoms with Crippen molar-refractivity contribution in [2.45, 2.75) is 56.8 Å². The summed E-state index contributed by atoms with van der Waals surface area (Å²) in [5.41, 5.74) is 17.9. The molecule has 0 unspecified atom stereocenters. The van der Waals surface area contributed by atoms with Gasteiger partial charge in [-0.2, -0.15) is 0 Å². The Morgan fingerprint density at radius 2 is 1.18 bits per heavy atom. The zero-order valence-electron chi connectivity index (χ0n) is 34.9. The minimum Gasteiger partial charge on any atom is -0.310 e. The van der Waals surface area contributed by atoms with Gasteiger partial charge in [-0.05, 0) is 171 Å². The lowest BCUT2D eigenvalue weighted by Crippen LogP contribution is -2.59. The second kappa shape index (κ2) is 11.9. The Morgan fingerprint density at radius 3 is 1.98 bits per heavy atom. The normalized spacial score (nSPS) is 24.7. The molecule has 0 aliphatic heterocycles. The molecule has 0 radical (unpaired) electrons. The molecule has 0 amide bonds. The van der Waals surface area contributed by atoms with Gasteiger partial charge in [0.1, 0.15) is 0 Å². The van der Waals surface area contributed by atoms with Crippen LogP contribution in [0.25, 0.3) is 60.5 Å². The molecule has 4 fully saturated rings. The van der Waals surface area contributed by atoms with E-state index in [0.717, 1.165) is 17.8 Å². The number of aromatic nitrogens is 1. The Balaban J connectivity index is 0.898. The smallest absolute Gasteiger partial charge is 0.0547 e. The van der Waals surface area contributed by atoms with Crippen molar-refractivity contribution < 1.29 is 0 Å². The zero-order valence-corrected chi connectivity index (χ0v) is 34.9. The van der Waals surface area contributed by atoms with Crippen LogP contribution in [0.15, 0.2) is 176 Å². The summed E-state index contributed by atoms with van der Waals surface area (Å²) in [6.07, 6.45) is 7.08. The molecule has 2 bridgehead atoms. The van der Waals surface area contributed by atoms with E-state index in [1.165, 1.54) is 121 Å². The number of hydrogen-bond donors (Lipinski definition) is 0. The third-order valence-electron chi connectivity index (χ3n) is 17.0. The van der Waals surface area contributed by atoms with Crippen LogP contribution in [0.1, 0.15) is 62.6 Å². The Labute approximate surface area is 358 Å². The number of para-hydroxylation sites is 2. The molecule has 14 rings (SSSR count). The summed E-state index contributed by atoms with van der Waals surface area (Å²) in [5.74, 6) is 2.86. The van der Waals surface area contributed by atoms with Gasteiger partial charge in [0.15, 0.2) is 0 Å². The van der Waals surface area contributed by atoms with Crippen LogP contribution in [0.3, 0.4) is 0 Å². The molecule has 4 saturated carbocycles. The standard InChI is InChI=1S/C59H48N2/c1-57(2)51-18-7-5-16-47(51)48-27-26-46(33-53(48)57)60(55-21-10-8-19-52(55)58-34-42-31-41-32-43(35-58)59(41,42)36-58)44-24-22-37(23-25-44)38-14-11-15-45(28-38)61-54-20-9-6-17-49(54)50-29-39-12-3-4-13-40(39)30-56(50)61/h3-30,33,41-43H,31-32,34-36H2,1-2H3/t41?,42-,43-,58?,59?/m0/s1. The van der Waals surface area contributed by atoms with E-state index in [9.17, 15) is 0 Å². The molecule has 5 aliphatic rings. The number of nitrogens with zero attached hydrogens (tertiary/aromatic N) is 2.